The number of rotatable bonds is 2. The van der Waals surface area contributed by atoms with Crippen LogP contribution in [0.2, 0.25) is 0 Å². The molecule has 0 unspecified atom stereocenters. The Morgan fingerprint density at radius 3 is 2.67 bits per heavy atom. The van der Waals surface area contributed by atoms with E-state index in [4.69, 9.17) is 12.2 Å². The molecule has 3 rings (SSSR count). The number of hydrogen-bond donors (Lipinski definition) is 1. The van der Waals surface area contributed by atoms with E-state index < -0.39 is 0 Å². The Kier molecular flexibility index (Phi) is 2.85. The van der Waals surface area contributed by atoms with Gasteiger partial charge in [0, 0.05) is 5.69 Å². The molecule has 0 radical (unpaired) electrons. The molecule has 0 spiro atoms. The Bertz CT molecular complexity index is 722. The number of aromatic amines is 1. The normalized spacial score (nSPS) is 10.7. The fraction of sp³-hybridized carbons (Fsp3) is 0.0769. The van der Waals surface area contributed by atoms with E-state index in [9.17, 15) is 0 Å². The van der Waals surface area contributed by atoms with E-state index in [0.29, 0.717) is 4.77 Å². The maximum absolute atomic E-state index is 5.32. The molecule has 90 valence electrons. The van der Waals surface area contributed by atoms with Crippen molar-refractivity contribution in [2.24, 2.45) is 0 Å². The lowest BCUT2D eigenvalue weighted by molar-refractivity contribution is 1.04. The lowest BCUT2D eigenvalue weighted by atomic mass is 10.2. The van der Waals surface area contributed by atoms with Crippen molar-refractivity contribution in [3.05, 3.63) is 52.1 Å². The first kappa shape index (κ1) is 11.4. The number of H-pyrrole nitrogens is 1. The second kappa shape index (κ2) is 4.51. The van der Waals surface area contributed by atoms with E-state index in [1.165, 1.54) is 5.56 Å². The van der Waals surface area contributed by atoms with Crippen LogP contribution in [0.3, 0.4) is 0 Å². The first-order chi connectivity index (χ1) is 8.77. The molecule has 0 atom stereocenters. The van der Waals surface area contributed by atoms with Crippen LogP contribution >= 0.6 is 23.6 Å². The zero-order chi connectivity index (χ0) is 12.5. The Balaban J connectivity index is 2.26. The Hall–Kier alpha value is -1.72. The van der Waals surface area contributed by atoms with Crippen molar-refractivity contribution in [3.8, 4) is 16.4 Å². The second-order valence-corrected chi connectivity index (χ2v) is 5.26. The Morgan fingerprint density at radius 2 is 2.00 bits per heavy atom. The average molecular weight is 273 g/mol. The smallest absolute Gasteiger partial charge is 0.200 e. The highest BCUT2D eigenvalue weighted by Gasteiger charge is 2.13. The van der Waals surface area contributed by atoms with E-state index in [2.05, 4.69) is 28.6 Å². The quantitative estimate of drug-likeness (QED) is 0.717. The van der Waals surface area contributed by atoms with Crippen LogP contribution in [-0.4, -0.2) is 14.8 Å². The first-order valence-corrected chi connectivity index (χ1v) is 6.83. The summed E-state index contributed by atoms with van der Waals surface area (Å²) in [5.74, 6) is 0.874. The lowest BCUT2D eigenvalue weighted by Crippen LogP contribution is -1.96. The van der Waals surface area contributed by atoms with Crippen LogP contribution in [0.5, 0.6) is 0 Å². The first-order valence-electron chi connectivity index (χ1n) is 5.54. The number of thiophene rings is 1. The van der Waals surface area contributed by atoms with Gasteiger partial charge in [-0.15, -0.1) is 11.3 Å². The molecule has 3 nitrogen and oxygen atoms in total. The SMILES string of the molecule is Cc1ccsc1-c1n[nH]c(=S)n1-c1ccccc1. The van der Waals surface area contributed by atoms with Crippen LogP contribution in [0.1, 0.15) is 5.56 Å². The minimum Gasteiger partial charge on any atom is -0.267 e. The average Bonchev–Trinajstić information content (AvgIpc) is 2.96. The van der Waals surface area contributed by atoms with Gasteiger partial charge in [0.1, 0.15) is 0 Å². The molecule has 5 heteroatoms. The molecule has 0 aliphatic rings. The number of hydrogen-bond acceptors (Lipinski definition) is 3. The highest BCUT2D eigenvalue weighted by Crippen LogP contribution is 2.29. The molecule has 18 heavy (non-hydrogen) atoms. The van der Waals surface area contributed by atoms with Crippen LogP contribution in [0, 0.1) is 11.7 Å². The van der Waals surface area contributed by atoms with Crippen LogP contribution < -0.4 is 0 Å². The molecule has 0 amide bonds. The zero-order valence-corrected chi connectivity index (χ0v) is 11.4. The molecule has 0 aliphatic heterocycles. The maximum atomic E-state index is 5.32. The summed E-state index contributed by atoms with van der Waals surface area (Å²) >= 11 is 7.00. The van der Waals surface area contributed by atoms with Gasteiger partial charge in [-0.25, -0.2) is 0 Å². The van der Waals surface area contributed by atoms with Gasteiger partial charge in [-0.2, -0.15) is 5.10 Å². The topological polar surface area (TPSA) is 33.6 Å². The van der Waals surface area contributed by atoms with Crippen LogP contribution in [0.25, 0.3) is 16.4 Å². The summed E-state index contributed by atoms with van der Waals surface area (Å²) in [6.07, 6.45) is 0. The summed E-state index contributed by atoms with van der Waals surface area (Å²) in [6, 6.07) is 12.1. The van der Waals surface area contributed by atoms with Crippen LogP contribution in [0.4, 0.5) is 0 Å². The van der Waals surface area contributed by atoms with E-state index in [-0.39, 0.29) is 0 Å². The van der Waals surface area contributed by atoms with Crippen molar-refractivity contribution in [1.82, 2.24) is 14.8 Å². The predicted molar refractivity (Wildman–Crippen MR) is 76.8 cm³/mol. The number of aromatic nitrogens is 3. The van der Waals surface area contributed by atoms with Gasteiger partial charge in [-0.1, -0.05) is 18.2 Å². The van der Waals surface area contributed by atoms with E-state index in [1.807, 2.05) is 34.9 Å². The third-order valence-corrected chi connectivity index (χ3v) is 4.04. The van der Waals surface area contributed by atoms with Gasteiger partial charge < -0.3 is 0 Å². The molecule has 0 saturated carbocycles. The molecular weight excluding hydrogens is 262 g/mol. The summed E-state index contributed by atoms with van der Waals surface area (Å²) < 4.78 is 2.58. The van der Waals surface area contributed by atoms with Gasteiger partial charge >= 0.3 is 0 Å². The molecule has 0 aliphatic carbocycles. The van der Waals surface area contributed by atoms with Gasteiger partial charge in [0.15, 0.2) is 10.6 Å². The number of nitrogens with one attached hydrogen (secondary N) is 1. The minimum absolute atomic E-state index is 0.615. The fourth-order valence-electron chi connectivity index (χ4n) is 1.87. The molecule has 1 aromatic carbocycles. The minimum atomic E-state index is 0.615. The predicted octanol–water partition coefficient (Wildman–Crippen LogP) is 3.97. The van der Waals surface area contributed by atoms with Crippen molar-refractivity contribution in [2.45, 2.75) is 6.92 Å². The van der Waals surface area contributed by atoms with E-state index >= 15 is 0 Å². The molecule has 1 N–H and O–H groups in total. The van der Waals surface area contributed by atoms with Crippen LogP contribution in [0.15, 0.2) is 41.8 Å². The summed E-state index contributed by atoms with van der Waals surface area (Å²) in [5, 5.41) is 9.29. The van der Waals surface area contributed by atoms with Gasteiger partial charge in [-0.05, 0) is 48.3 Å². The van der Waals surface area contributed by atoms with E-state index in [1.54, 1.807) is 11.3 Å². The van der Waals surface area contributed by atoms with Crippen molar-refractivity contribution in [3.63, 3.8) is 0 Å². The fourth-order valence-corrected chi connectivity index (χ4v) is 3.01. The largest absolute Gasteiger partial charge is 0.267 e. The number of nitrogens with zero attached hydrogens (tertiary/aromatic N) is 2. The second-order valence-electron chi connectivity index (χ2n) is 3.96. The van der Waals surface area contributed by atoms with Gasteiger partial charge in [0.05, 0.1) is 4.88 Å². The van der Waals surface area contributed by atoms with Crippen molar-refractivity contribution >= 4 is 23.6 Å². The van der Waals surface area contributed by atoms with Gasteiger partial charge in [0.25, 0.3) is 0 Å². The van der Waals surface area contributed by atoms with E-state index in [0.717, 1.165) is 16.4 Å². The third-order valence-electron chi connectivity index (χ3n) is 2.75. The molecular formula is C13H11N3S2. The summed E-state index contributed by atoms with van der Waals surface area (Å²) in [4.78, 5) is 1.14. The standard InChI is InChI=1S/C13H11N3S2/c1-9-7-8-18-11(9)12-14-15-13(17)16(12)10-5-3-2-4-6-10/h2-8H,1H3,(H,15,17). The number of aryl methyl sites for hydroxylation is 1. The summed E-state index contributed by atoms with van der Waals surface area (Å²) in [5.41, 5.74) is 2.24. The Morgan fingerprint density at radius 1 is 1.22 bits per heavy atom. The lowest BCUT2D eigenvalue weighted by Gasteiger charge is -2.05. The molecule has 3 aromatic rings. The molecule has 0 bridgehead atoms. The third kappa shape index (κ3) is 1.81. The van der Waals surface area contributed by atoms with Gasteiger partial charge in [-0.3, -0.25) is 9.67 Å². The summed E-state index contributed by atoms with van der Waals surface area (Å²) in [6.45, 7) is 2.08. The maximum Gasteiger partial charge on any atom is 0.200 e. The molecule has 2 aromatic heterocycles. The molecule has 0 saturated heterocycles. The number of para-hydroxylation sites is 1. The highest BCUT2D eigenvalue weighted by atomic mass is 32.1. The van der Waals surface area contributed by atoms with Crippen molar-refractivity contribution in [1.29, 1.82) is 0 Å². The Labute approximate surface area is 114 Å². The molecule has 0 fully saturated rings. The van der Waals surface area contributed by atoms with Crippen molar-refractivity contribution in [2.75, 3.05) is 0 Å². The van der Waals surface area contributed by atoms with Crippen molar-refractivity contribution < 1.29 is 0 Å². The van der Waals surface area contributed by atoms with Crippen LogP contribution in [-0.2, 0) is 0 Å². The monoisotopic (exact) mass is 273 g/mol. The molecule has 2 heterocycles. The summed E-state index contributed by atoms with van der Waals surface area (Å²) in [7, 11) is 0. The zero-order valence-electron chi connectivity index (χ0n) is 9.75. The highest BCUT2D eigenvalue weighted by molar-refractivity contribution is 7.71. The van der Waals surface area contributed by atoms with Gasteiger partial charge in [0.2, 0.25) is 0 Å². The number of benzene rings is 1.